The Hall–Kier alpha value is -3.13. The number of carbonyl (C=O) groups is 2. The molecule has 0 radical (unpaired) electrons. The molecule has 1 fully saturated rings. The largest absolute Gasteiger partial charge is 0.497 e. The maximum Gasteiger partial charge on any atom is 0.251 e. The highest BCUT2D eigenvalue weighted by molar-refractivity contribution is 7.22. The summed E-state index contributed by atoms with van der Waals surface area (Å²) in [5.41, 5.74) is 2.66. The van der Waals surface area contributed by atoms with Gasteiger partial charge >= 0.3 is 0 Å². The summed E-state index contributed by atoms with van der Waals surface area (Å²) >= 11 is 1.54. The van der Waals surface area contributed by atoms with Crippen LogP contribution in [0.25, 0.3) is 10.2 Å². The summed E-state index contributed by atoms with van der Waals surface area (Å²) in [6, 6.07) is 13.5. The second-order valence-electron chi connectivity index (χ2n) is 7.82. The molecule has 32 heavy (non-hydrogen) atoms. The lowest BCUT2D eigenvalue weighted by Gasteiger charge is -2.14. The molecule has 1 saturated heterocycles. The molecule has 0 unspecified atom stereocenters. The zero-order valence-corrected chi connectivity index (χ0v) is 19.0. The van der Waals surface area contributed by atoms with Gasteiger partial charge in [0.1, 0.15) is 5.75 Å². The minimum atomic E-state index is -0.0846. The number of rotatable bonds is 10. The monoisotopic (exact) mass is 452 g/mol. The van der Waals surface area contributed by atoms with Crippen molar-refractivity contribution < 1.29 is 14.3 Å². The number of carbonyl (C=O) groups excluding carboxylic acids is 2. The number of methoxy groups -OCH3 is 1. The summed E-state index contributed by atoms with van der Waals surface area (Å²) in [6.07, 6.45) is 3.31. The van der Waals surface area contributed by atoms with Gasteiger partial charge in [0.15, 0.2) is 5.13 Å². The average Bonchev–Trinajstić information content (AvgIpc) is 3.41. The fourth-order valence-corrected chi connectivity index (χ4v) is 4.69. The van der Waals surface area contributed by atoms with Crippen LogP contribution in [0.1, 0.15) is 35.2 Å². The molecule has 0 bridgehead atoms. The maximum atomic E-state index is 12.6. The molecule has 8 heteroatoms. The number of likely N-dealkylation sites (tertiary alicyclic amines) is 1. The van der Waals surface area contributed by atoms with E-state index in [0.717, 1.165) is 65.6 Å². The van der Waals surface area contributed by atoms with Crippen molar-refractivity contribution in [1.29, 1.82) is 0 Å². The summed E-state index contributed by atoms with van der Waals surface area (Å²) in [6.45, 7) is 3.00. The van der Waals surface area contributed by atoms with Gasteiger partial charge in [0, 0.05) is 38.2 Å². The number of aromatic nitrogens is 1. The van der Waals surface area contributed by atoms with Gasteiger partial charge in [-0.15, -0.1) is 0 Å². The van der Waals surface area contributed by atoms with E-state index in [1.54, 1.807) is 18.4 Å². The molecular weight excluding hydrogens is 424 g/mol. The number of amides is 2. The predicted octanol–water partition coefficient (Wildman–Crippen LogP) is 3.70. The number of hydrogen-bond acceptors (Lipinski definition) is 6. The highest BCUT2D eigenvalue weighted by atomic mass is 32.1. The van der Waals surface area contributed by atoms with Crippen LogP contribution in [-0.4, -0.2) is 55.0 Å². The average molecular weight is 453 g/mol. The first-order valence-corrected chi connectivity index (χ1v) is 11.8. The number of nitrogens with zero attached hydrogens (tertiary/aromatic N) is 2. The number of nitrogens with one attached hydrogen (secondary N) is 2. The standard InChI is InChI=1S/C24H28N4O3S/c1-31-19-8-5-17(6-9-19)11-13-25-23(30)18-7-10-20-21(16-18)32-24(27-20)26-12-3-15-28-14-2-4-22(28)29/h5-10,16H,2-4,11-15H2,1H3,(H,25,30)(H,26,27). The molecule has 168 valence electrons. The lowest BCUT2D eigenvalue weighted by Crippen LogP contribution is -2.26. The van der Waals surface area contributed by atoms with Crippen LogP contribution < -0.4 is 15.4 Å². The molecule has 3 aromatic rings. The van der Waals surface area contributed by atoms with E-state index in [0.29, 0.717) is 18.5 Å². The summed E-state index contributed by atoms with van der Waals surface area (Å²) in [5, 5.41) is 7.17. The first kappa shape index (κ1) is 22.1. The molecule has 2 N–H and O–H groups in total. The van der Waals surface area contributed by atoms with Crippen molar-refractivity contribution in [1.82, 2.24) is 15.2 Å². The van der Waals surface area contributed by atoms with Gasteiger partial charge in [-0.3, -0.25) is 9.59 Å². The van der Waals surface area contributed by atoms with E-state index < -0.39 is 0 Å². The van der Waals surface area contributed by atoms with Crippen LogP contribution in [0, 0.1) is 0 Å². The van der Waals surface area contributed by atoms with E-state index in [9.17, 15) is 9.59 Å². The number of fused-ring (bicyclic) bond motifs is 1. The summed E-state index contributed by atoms with van der Waals surface area (Å²) in [4.78, 5) is 30.7. The minimum Gasteiger partial charge on any atom is -0.497 e. The van der Waals surface area contributed by atoms with Gasteiger partial charge < -0.3 is 20.3 Å². The Kier molecular flexibility index (Phi) is 7.21. The summed E-state index contributed by atoms with van der Waals surface area (Å²) in [7, 11) is 1.65. The topological polar surface area (TPSA) is 83.6 Å². The van der Waals surface area contributed by atoms with Crippen molar-refractivity contribution in [3.8, 4) is 5.75 Å². The lowest BCUT2D eigenvalue weighted by atomic mass is 10.1. The van der Waals surface area contributed by atoms with E-state index in [-0.39, 0.29) is 11.8 Å². The highest BCUT2D eigenvalue weighted by Crippen LogP contribution is 2.27. The third-order valence-electron chi connectivity index (χ3n) is 5.56. The lowest BCUT2D eigenvalue weighted by molar-refractivity contribution is -0.127. The van der Waals surface area contributed by atoms with Crippen molar-refractivity contribution in [3.63, 3.8) is 0 Å². The smallest absolute Gasteiger partial charge is 0.251 e. The Bertz CT molecular complexity index is 1080. The molecule has 2 amide bonds. The van der Waals surface area contributed by atoms with Gasteiger partial charge in [0.05, 0.1) is 17.3 Å². The molecule has 1 aliphatic rings. The van der Waals surface area contributed by atoms with E-state index >= 15 is 0 Å². The molecule has 0 spiro atoms. The number of ether oxygens (including phenoxy) is 1. The van der Waals surface area contributed by atoms with E-state index in [2.05, 4.69) is 15.6 Å². The van der Waals surface area contributed by atoms with Crippen LogP contribution in [0.3, 0.4) is 0 Å². The summed E-state index contributed by atoms with van der Waals surface area (Å²) in [5.74, 6) is 1.00. The van der Waals surface area contributed by atoms with E-state index in [4.69, 9.17) is 4.74 Å². The molecule has 0 aliphatic carbocycles. The van der Waals surface area contributed by atoms with Gasteiger partial charge in [-0.05, 0) is 55.2 Å². The molecular formula is C24H28N4O3S. The second kappa shape index (κ2) is 10.5. The third-order valence-corrected chi connectivity index (χ3v) is 6.54. The molecule has 2 heterocycles. The Morgan fingerprint density at radius 3 is 2.78 bits per heavy atom. The van der Waals surface area contributed by atoms with Gasteiger partial charge in [0.25, 0.3) is 5.91 Å². The number of anilines is 1. The van der Waals surface area contributed by atoms with Crippen LogP contribution in [0.15, 0.2) is 42.5 Å². The molecule has 0 saturated carbocycles. The highest BCUT2D eigenvalue weighted by Gasteiger charge is 2.19. The fourth-order valence-electron chi connectivity index (χ4n) is 3.76. The van der Waals surface area contributed by atoms with E-state index in [1.807, 2.05) is 47.4 Å². The Balaban J connectivity index is 1.25. The SMILES string of the molecule is COc1ccc(CCNC(=O)c2ccc3nc(NCCCN4CCCC4=O)sc3c2)cc1. The van der Waals surface area contributed by atoms with Crippen LogP contribution in [-0.2, 0) is 11.2 Å². The van der Waals surface area contributed by atoms with Crippen LogP contribution in [0.2, 0.25) is 0 Å². The molecule has 0 atom stereocenters. The normalized spacial score (nSPS) is 13.5. The Morgan fingerprint density at radius 2 is 2.03 bits per heavy atom. The molecule has 7 nitrogen and oxygen atoms in total. The summed E-state index contributed by atoms with van der Waals surface area (Å²) < 4.78 is 6.14. The van der Waals surface area contributed by atoms with Crippen LogP contribution in [0.4, 0.5) is 5.13 Å². The third kappa shape index (κ3) is 5.56. The molecule has 2 aromatic carbocycles. The zero-order chi connectivity index (χ0) is 22.3. The molecule has 4 rings (SSSR count). The van der Waals surface area contributed by atoms with Crippen LogP contribution >= 0.6 is 11.3 Å². The number of benzene rings is 2. The fraction of sp³-hybridized carbons (Fsp3) is 0.375. The van der Waals surface area contributed by atoms with Crippen molar-refractivity contribution in [2.45, 2.75) is 25.7 Å². The molecule has 1 aliphatic heterocycles. The first-order chi connectivity index (χ1) is 15.6. The zero-order valence-electron chi connectivity index (χ0n) is 18.2. The van der Waals surface area contributed by atoms with Gasteiger partial charge in [0.2, 0.25) is 5.91 Å². The van der Waals surface area contributed by atoms with Gasteiger partial charge in [-0.1, -0.05) is 23.5 Å². The quantitative estimate of drug-likeness (QED) is 0.458. The van der Waals surface area contributed by atoms with Crippen molar-refractivity contribution in [2.24, 2.45) is 0 Å². The van der Waals surface area contributed by atoms with E-state index in [1.165, 1.54) is 0 Å². The first-order valence-electron chi connectivity index (χ1n) is 11.0. The number of hydrogen-bond donors (Lipinski definition) is 2. The Morgan fingerprint density at radius 1 is 1.19 bits per heavy atom. The van der Waals surface area contributed by atoms with Crippen molar-refractivity contribution in [3.05, 3.63) is 53.6 Å². The second-order valence-corrected chi connectivity index (χ2v) is 8.85. The minimum absolute atomic E-state index is 0.0846. The predicted molar refractivity (Wildman–Crippen MR) is 128 cm³/mol. The Labute approximate surface area is 191 Å². The van der Waals surface area contributed by atoms with Crippen LogP contribution in [0.5, 0.6) is 5.75 Å². The van der Waals surface area contributed by atoms with Gasteiger partial charge in [-0.25, -0.2) is 4.98 Å². The van der Waals surface area contributed by atoms with Crippen molar-refractivity contribution >= 4 is 38.5 Å². The van der Waals surface area contributed by atoms with Crippen molar-refractivity contribution in [2.75, 3.05) is 38.6 Å². The molecule has 1 aromatic heterocycles. The number of thiazole rings is 1. The van der Waals surface area contributed by atoms with Gasteiger partial charge in [-0.2, -0.15) is 0 Å². The maximum absolute atomic E-state index is 12.6.